The summed E-state index contributed by atoms with van der Waals surface area (Å²) in [4.78, 5) is 14.4. The average Bonchev–Trinajstić information content (AvgIpc) is 2.69. The predicted octanol–water partition coefficient (Wildman–Crippen LogP) is 0.122. The fourth-order valence-electron chi connectivity index (χ4n) is 2.17. The van der Waals surface area contributed by atoms with Gasteiger partial charge in [0.15, 0.2) is 11.6 Å². The summed E-state index contributed by atoms with van der Waals surface area (Å²) >= 11 is 0. The van der Waals surface area contributed by atoms with Crippen molar-refractivity contribution in [3.8, 4) is 0 Å². The number of hydrogen-bond acceptors (Lipinski definition) is 10. The van der Waals surface area contributed by atoms with Crippen molar-refractivity contribution in [3.05, 3.63) is 48.1 Å². The minimum Gasteiger partial charge on any atom is -0.383 e. The van der Waals surface area contributed by atoms with Crippen LogP contribution in [-0.4, -0.2) is 83.8 Å². The van der Waals surface area contributed by atoms with Crippen LogP contribution in [0.25, 0.3) is 0 Å². The molecule has 0 saturated carbocycles. The lowest BCUT2D eigenvalue weighted by Crippen LogP contribution is -2.28. The van der Waals surface area contributed by atoms with Gasteiger partial charge >= 0.3 is 0 Å². The molecule has 2 N–H and O–H groups in total. The first-order valence-corrected chi connectivity index (χ1v) is 11.7. The molecular formula is C16H22F2N4O8S2. The van der Waals surface area contributed by atoms with Gasteiger partial charge in [0.1, 0.15) is 22.1 Å². The SMILES string of the molecule is COC[C@@H](Cc1ncc(F)cn1)S(=O)(=O)O.COC[C@H](Cc1ncc(F)cn1)S(=O)(=O)O. The molecule has 16 heteroatoms. The Labute approximate surface area is 183 Å². The van der Waals surface area contributed by atoms with Gasteiger partial charge in [-0.25, -0.2) is 28.7 Å². The van der Waals surface area contributed by atoms with E-state index in [2.05, 4.69) is 29.4 Å². The smallest absolute Gasteiger partial charge is 0.270 e. The Morgan fingerprint density at radius 3 is 1.25 bits per heavy atom. The van der Waals surface area contributed by atoms with Gasteiger partial charge < -0.3 is 9.47 Å². The van der Waals surface area contributed by atoms with Gasteiger partial charge in [0.05, 0.1) is 38.0 Å². The van der Waals surface area contributed by atoms with Crippen LogP contribution in [0.5, 0.6) is 0 Å². The molecular weight excluding hydrogens is 478 g/mol. The van der Waals surface area contributed by atoms with E-state index in [1.54, 1.807) is 0 Å². The van der Waals surface area contributed by atoms with Crippen LogP contribution in [-0.2, 0) is 42.6 Å². The average molecular weight is 501 g/mol. The van der Waals surface area contributed by atoms with E-state index < -0.39 is 42.4 Å². The summed E-state index contributed by atoms with van der Waals surface area (Å²) < 4.78 is 95.8. The van der Waals surface area contributed by atoms with Crippen LogP contribution in [0.2, 0.25) is 0 Å². The van der Waals surface area contributed by atoms with E-state index >= 15 is 0 Å². The van der Waals surface area contributed by atoms with Gasteiger partial charge in [0.25, 0.3) is 20.2 Å². The molecule has 2 aromatic heterocycles. The minimum atomic E-state index is -4.23. The topological polar surface area (TPSA) is 179 Å². The molecule has 12 nitrogen and oxygen atoms in total. The highest BCUT2D eigenvalue weighted by molar-refractivity contribution is 7.86. The Kier molecular flexibility index (Phi) is 11.0. The molecule has 0 aromatic carbocycles. The first kappa shape index (κ1) is 27.8. The number of nitrogens with zero attached hydrogens (tertiary/aromatic N) is 4. The summed E-state index contributed by atoms with van der Waals surface area (Å²) in [6, 6.07) is 0. The van der Waals surface area contributed by atoms with Crippen LogP contribution in [0.3, 0.4) is 0 Å². The van der Waals surface area contributed by atoms with Crippen LogP contribution >= 0.6 is 0 Å². The third-order valence-electron chi connectivity index (χ3n) is 3.72. The lowest BCUT2D eigenvalue weighted by molar-refractivity contribution is 0.193. The van der Waals surface area contributed by atoms with Gasteiger partial charge in [-0.1, -0.05) is 0 Å². The maximum atomic E-state index is 12.5. The molecule has 0 unspecified atom stereocenters. The maximum Gasteiger partial charge on any atom is 0.270 e. The van der Waals surface area contributed by atoms with Crippen LogP contribution in [0.1, 0.15) is 11.6 Å². The molecule has 0 amide bonds. The number of rotatable bonds is 10. The van der Waals surface area contributed by atoms with Crippen molar-refractivity contribution in [2.24, 2.45) is 0 Å². The van der Waals surface area contributed by atoms with Crippen molar-refractivity contribution in [1.82, 2.24) is 19.9 Å². The zero-order valence-electron chi connectivity index (χ0n) is 17.0. The summed E-state index contributed by atoms with van der Waals surface area (Å²) in [5, 5.41) is -2.30. The first-order chi connectivity index (χ1) is 14.9. The molecule has 0 aliphatic rings. The van der Waals surface area contributed by atoms with Crippen molar-refractivity contribution < 1.29 is 44.2 Å². The summed E-state index contributed by atoms with van der Waals surface area (Å²) in [6.07, 6.45) is 3.44. The first-order valence-electron chi connectivity index (χ1n) is 8.70. The number of ether oxygens (including phenoxy) is 2. The van der Waals surface area contributed by atoms with Gasteiger partial charge in [-0.2, -0.15) is 16.8 Å². The standard InChI is InChI=1S/2C8H11FN2O4S/c2*1-15-5-7(16(12,13)14)2-8-10-3-6(9)4-11-8/h2*3-4,7H,2,5H2,1H3,(H,12,13,14)/t2*7-/m10/s1. The molecule has 0 radical (unpaired) electrons. The maximum absolute atomic E-state index is 12.5. The molecule has 180 valence electrons. The lowest BCUT2D eigenvalue weighted by atomic mass is 10.3. The summed E-state index contributed by atoms with van der Waals surface area (Å²) in [6.45, 7) is -0.362. The molecule has 2 rings (SSSR count). The van der Waals surface area contributed by atoms with E-state index in [4.69, 9.17) is 9.11 Å². The Balaban J connectivity index is 0.000000320. The fraction of sp³-hybridized carbons (Fsp3) is 0.500. The summed E-state index contributed by atoms with van der Waals surface area (Å²) in [7, 11) is -5.85. The van der Waals surface area contributed by atoms with Gasteiger partial charge in [0.2, 0.25) is 0 Å². The molecule has 0 aliphatic carbocycles. The third-order valence-corrected chi connectivity index (χ3v) is 6.01. The van der Waals surface area contributed by atoms with Crippen LogP contribution in [0.15, 0.2) is 24.8 Å². The van der Waals surface area contributed by atoms with Gasteiger partial charge in [-0.15, -0.1) is 0 Å². The van der Waals surface area contributed by atoms with Gasteiger partial charge in [0, 0.05) is 27.1 Å². The fourth-order valence-corrected chi connectivity index (χ4v) is 3.50. The number of hydrogen-bond donors (Lipinski definition) is 2. The molecule has 0 spiro atoms. The quantitative estimate of drug-likeness (QED) is 0.422. The highest BCUT2D eigenvalue weighted by Crippen LogP contribution is 2.07. The van der Waals surface area contributed by atoms with Crippen LogP contribution in [0.4, 0.5) is 8.78 Å². The third kappa shape index (κ3) is 10.4. The van der Waals surface area contributed by atoms with Gasteiger partial charge in [-0.05, 0) is 0 Å². The molecule has 0 saturated heterocycles. The second-order valence-electron chi connectivity index (χ2n) is 6.23. The Bertz CT molecular complexity index is 953. The molecule has 0 fully saturated rings. The van der Waals surface area contributed by atoms with E-state index in [0.29, 0.717) is 0 Å². The van der Waals surface area contributed by atoms with Crippen LogP contribution < -0.4 is 0 Å². The second kappa shape index (κ2) is 12.7. The predicted molar refractivity (Wildman–Crippen MR) is 106 cm³/mol. The molecule has 0 aliphatic heterocycles. The molecule has 0 bridgehead atoms. The Morgan fingerprint density at radius 2 is 1.03 bits per heavy atom. The van der Waals surface area contributed by atoms with Crippen molar-refractivity contribution in [2.75, 3.05) is 27.4 Å². The second-order valence-corrected chi connectivity index (χ2v) is 9.62. The van der Waals surface area contributed by atoms with Gasteiger partial charge in [-0.3, -0.25) is 9.11 Å². The summed E-state index contributed by atoms with van der Waals surface area (Å²) in [5.41, 5.74) is 0. The minimum absolute atomic E-state index is 0.126. The van der Waals surface area contributed by atoms with Crippen molar-refractivity contribution in [3.63, 3.8) is 0 Å². The molecule has 32 heavy (non-hydrogen) atoms. The van der Waals surface area contributed by atoms with Crippen LogP contribution in [0, 0.1) is 11.6 Å². The van der Waals surface area contributed by atoms with E-state index in [1.165, 1.54) is 14.2 Å². The number of halogens is 2. The molecule has 2 heterocycles. The molecule has 2 atom stereocenters. The lowest BCUT2D eigenvalue weighted by Gasteiger charge is -2.11. The monoisotopic (exact) mass is 500 g/mol. The highest BCUT2D eigenvalue weighted by atomic mass is 32.2. The van der Waals surface area contributed by atoms with Crippen molar-refractivity contribution in [1.29, 1.82) is 0 Å². The number of methoxy groups -OCH3 is 2. The van der Waals surface area contributed by atoms with Crippen molar-refractivity contribution in [2.45, 2.75) is 23.3 Å². The van der Waals surface area contributed by atoms with E-state index in [1.807, 2.05) is 0 Å². The zero-order chi connectivity index (χ0) is 24.4. The zero-order valence-corrected chi connectivity index (χ0v) is 18.6. The molecule has 2 aromatic rings. The highest BCUT2D eigenvalue weighted by Gasteiger charge is 2.25. The Morgan fingerprint density at radius 1 is 0.750 bits per heavy atom. The van der Waals surface area contributed by atoms with E-state index in [9.17, 15) is 25.6 Å². The van der Waals surface area contributed by atoms with Crippen molar-refractivity contribution >= 4 is 20.2 Å². The Hall–Kier alpha value is -2.24. The summed E-state index contributed by atoms with van der Waals surface area (Å²) in [5.74, 6) is -0.972. The van der Waals surface area contributed by atoms with E-state index in [-0.39, 0.29) is 37.7 Å². The largest absolute Gasteiger partial charge is 0.383 e. The number of aromatic nitrogens is 4. The normalized spacial score (nSPS) is 13.7. The van der Waals surface area contributed by atoms with E-state index in [0.717, 1.165) is 24.8 Å².